The van der Waals surface area contributed by atoms with E-state index < -0.39 is 5.97 Å². The number of para-hydroxylation sites is 1. The van der Waals surface area contributed by atoms with Gasteiger partial charge in [-0.3, -0.25) is 9.69 Å². The summed E-state index contributed by atoms with van der Waals surface area (Å²) in [7, 11) is 1.00. The molecule has 4 heterocycles. The summed E-state index contributed by atoms with van der Waals surface area (Å²) in [6.07, 6.45) is 4.56. The van der Waals surface area contributed by atoms with E-state index in [0.717, 1.165) is 75.3 Å². The molecule has 230 valence electrons. The SMILES string of the molecule is CO.Cc1cc(COc2c(Cl)cccc2-c2cccc(N3CCC(C(=O)O)CC3)n2)cc2c1CN(C1CCOCC1)CC2. The summed E-state index contributed by atoms with van der Waals surface area (Å²) in [5.41, 5.74) is 6.98. The number of hydrogen-bond acceptors (Lipinski definition) is 7. The fourth-order valence-corrected chi connectivity index (χ4v) is 6.76. The van der Waals surface area contributed by atoms with Crippen LogP contribution in [0.15, 0.2) is 48.5 Å². The zero-order valence-corrected chi connectivity index (χ0v) is 25.9. The van der Waals surface area contributed by atoms with Gasteiger partial charge in [0.05, 0.1) is 16.6 Å². The van der Waals surface area contributed by atoms with Crippen molar-refractivity contribution in [3.05, 3.63) is 75.8 Å². The molecule has 0 amide bonds. The molecule has 0 unspecified atom stereocenters. The normalized spacial score (nSPS) is 18.0. The van der Waals surface area contributed by atoms with Crippen LogP contribution in [-0.4, -0.2) is 72.1 Å². The summed E-state index contributed by atoms with van der Waals surface area (Å²) < 4.78 is 12.0. The zero-order valence-electron chi connectivity index (χ0n) is 25.1. The number of aliphatic hydroxyl groups is 1. The molecule has 43 heavy (non-hydrogen) atoms. The molecule has 1 aromatic heterocycles. The van der Waals surface area contributed by atoms with Gasteiger partial charge in [0.15, 0.2) is 0 Å². The number of aliphatic carboxylic acids is 1. The van der Waals surface area contributed by atoms with Gasteiger partial charge in [-0.2, -0.15) is 0 Å². The summed E-state index contributed by atoms with van der Waals surface area (Å²) in [5.74, 6) is 0.487. The summed E-state index contributed by atoms with van der Waals surface area (Å²) >= 11 is 6.68. The molecule has 0 spiro atoms. The van der Waals surface area contributed by atoms with Crippen LogP contribution in [0.25, 0.3) is 11.3 Å². The number of halogens is 1. The molecule has 0 aliphatic carbocycles. The Bertz CT molecular complexity index is 1400. The number of hydrogen-bond donors (Lipinski definition) is 2. The Morgan fingerprint density at radius 3 is 2.53 bits per heavy atom. The number of carboxylic acid groups (broad SMARTS) is 1. The number of aromatic nitrogens is 1. The minimum Gasteiger partial charge on any atom is -0.487 e. The number of carbonyl (C=O) groups is 1. The quantitative estimate of drug-likeness (QED) is 0.351. The summed E-state index contributed by atoms with van der Waals surface area (Å²) in [6.45, 7) is 7.84. The maximum atomic E-state index is 11.4. The fourth-order valence-electron chi connectivity index (χ4n) is 6.53. The van der Waals surface area contributed by atoms with E-state index in [1.54, 1.807) is 0 Å². The van der Waals surface area contributed by atoms with Crippen molar-refractivity contribution in [2.24, 2.45) is 5.92 Å². The Morgan fingerprint density at radius 1 is 1.05 bits per heavy atom. The molecule has 6 rings (SSSR count). The Balaban J connectivity index is 0.00000180. The summed E-state index contributed by atoms with van der Waals surface area (Å²) in [6, 6.07) is 16.9. The van der Waals surface area contributed by atoms with Crippen molar-refractivity contribution in [1.29, 1.82) is 0 Å². The van der Waals surface area contributed by atoms with Crippen LogP contribution in [0.2, 0.25) is 5.02 Å². The van der Waals surface area contributed by atoms with Crippen LogP contribution in [0, 0.1) is 12.8 Å². The first kappa shape index (κ1) is 31.3. The number of pyridine rings is 1. The van der Waals surface area contributed by atoms with Crippen molar-refractivity contribution in [2.75, 3.05) is 44.9 Å². The minimum absolute atomic E-state index is 0.277. The number of carboxylic acids is 1. The monoisotopic (exact) mass is 607 g/mol. The van der Waals surface area contributed by atoms with Crippen LogP contribution in [0.5, 0.6) is 5.75 Å². The first-order valence-corrected chi connectivity index (χ1v) is 15.6. The largest absolute Gasteiger partial charge is 0.487 e. The van der Waals surface area contributed by atoms with E-state index in [2.05, 4.69) is 28.9 Å². The van der Waals surface area contributed by atoms with Crippen molar-refractivity contribution in [2.45, 2.75) is 58.2 Å². The highest BCUT2D eigenvalue weighted by Gasteiger charge is 2.27. The third-order valence-corrected chi connectivity index (χ3v) is 9.19. The van der Waals surface area contributed by atoms with Gasteiger partial charge in [0.25, 0.3) is 0 Å². The van der Waals surface area contributed by atoms with Crippen molar-refractivity contribution < 1.29 is 24.5 Å². The van der Waals surface area contributed by atoms with Gasteiger partial charge in [-0.05, 0) is 85.5 Å². The first-order valence-electron chi connectivity index (χ1n) is 15.2. The highest BCUT2D eigenvalue weighted by atomic mass is 35.5. The minimum atomic E-state index is -0.710. The van der Waals surface area contributed by atoms with Crippen LogP contribution in [0.4, 0.5) is 5.82 Å². The van der Waals surface area contributed by atoms with Gasteiger partial charge in [-0.25, -0.2) is 4.98 Å². The van der Waals surface area contributed by atoms with Crippen molar-refractivity contribution >= 4 is 23.4 Å². The van der Waals surface area contributed by atoms with Crippen molar-refractivity contribution in [1.82, 2.24) is 9.88 Å². The molecule has 0 radical (unpaired) electrons. The number of aryl methyl sites for hydroxylation is 1. The van der Waals surface area contributed by atoms with Crippen LogP contribution in [-0.2, 0) is 29.1 Å². The number of ether oxygens (including phenoxy) is 2. The molecule has 0 bridgehead atoms. The predicted octanol–water partition coefficient (Wildman–Crippen LogP) is 5.74. The van der Waals surface area contributed by atoms with Crippen LogP contribution < -0.4 is 9.64 Å². The topological polar surface area (TPSA) is 95.4 Å². The van der Waals surface area contributed by atoms with Crippen molar-refractivity contribution in [3.63, 3.8) is 0 Å². The van der Waals surface area contributed by atoms with E-state index in [9.17, 15) is 9.90 Å². The molecule has 3 aromatic rings. The number of benzene rings is 2. The number of anilines is 1. The van der Waals surface area contributed by atoms with Gasteiger partial charge >= 0.3 is 5.97 Å². The molecule has 2 fully saturated rings. The molecular weight excluding hydrogens is 566 g/mol. The van der Waals surface area contributed by atoms with Gasteiger partial charge in [0.2, 0.25) is 0 Å². The molecular formula is C34H42ClN3O5. The van der Waals surface area contributed by atoms with Gasteiger partial charge in [0.1, 0.15) is 18.2 Å². The van der Waals surface area contributed by atoms with Crippen molar-refractivity contribution in [3.8, 4) is 17.0 Å². The Kier molecular flexibility index (Phi) is 10.6. The van der Waals surface area contributed by atoms with Gasteiger partial charge in [-0.15, -0.1) is 0 Å². The lowest BCUT2D eigenvalue weighted by molar-refractivity contribution is -0.142. The van der Waals surface area contributed by atoms with Gasteiger partial charge < -0.3 is 24.6 Å². The number of piperidine rings is 1. The lowest BCUT2D eigenvalue weighted by Crippen LogP contribution is -2.42. The number of aliphatic hydroxyl groups excluding tert-OH is 1. The Hall–Kier alpha value is -3.17. The summed E-state index contributed by atoms with van der Waals surface area (Å²) in [4.78, 5) is 21.1. The molecule has 0 atom stereocenters. The fraction of sp³-hybridized carbons (Fsp3) is 0.471. The van der Waals surface area contributed by atoms with E-state index in [1.165, 1.54) is 16.7 Å². The number of rotatable bonds is 7. The van der Waals surface area contributed by atoms with Gasteiger partial charge in [0, 0.05) is 58.1 Å². The maximum absolute atomic E-state index is 11.4. The molecule has 3 aliphatic rings. The first-order chi connectivity index (χ1) is 21.0. The van der Waals surface area contributed by atoms with E-state index in [4.69, 9.17) is 31.2 Å². The molecule has 3 aliphatic heterocycles. The highest BCUT2D eigenvalue weighted by molar-refractivity contribution is 6.32. The van der Waals surface area contributed by atoms with E-state index >= 15 is 0 Å². The predicted molar refractivity (Wildman–Crippen MR) is 169 cm³/mol. The van der Waals surface area contributed by atoms with E-state index in [-0.39, 0.29) is 5.92 Å². The molecule has 8 nitrogen and oxygen atoms in total. The number of fused-ring (bicyclic) bond motifs is 1. The van der Waals surface area contributed by atoms with Crippen LogP contribution in [0.3, 0.4) is 0 Å². The zero-order chi connectivity index (χ0) is 30.3. The lowest BCUT2D eigenvalue weighted by Gasteiger charge is -2.38. The van der Waals surface area contributed by atoms with E-state index in [1.807, 2.05) is 36.4 Å². The molecule has 2 aromatic carbocycles. The molecule has 9 heteroatoms. The standard InChI is InChI=1S/C33H38ClN3O4.CH4O/c1-22-18-23(19-25-10-15-37(20-28(22)25)26-11-16-40-17-12-26)21-41-32-27(4-2-5-29(32)34)30-6-3-7-31(35-30)36-13-8-24(9-14-36)33(38)39;1-2/h2-7,18-19,24,26H,8-17,20-21H2,1H3,(H,38,39);2H,1H3. The highest BCUT2D eigenvalue weighted by Crippen LogP contribution is 2.37. The summed E-state index contributed by atoms with van der Waals surface area (Å²) in [5, 5.41) is 16.9. The van der Waals surface area contributed by atoms with Gasteiger partial charge in [-0.1, -0.05) is 35.9 Å². The molecule has 2 N–H and O–H groups in total. The number of nitrogens with zero attached hydrogens (tertiary/aromatic N) is 3. The Morgan fingerprint density at radius 2 is 1.79 bits per heavy atom. The van der Waals surface area contributed by atoms with E-state index in [0.29, 0.717) is 49.4 Å². The third-order valence-electron chi connectivity index (χ3n) is 8.89. The average Bonchev–Trinajstić information content (AvgIpc) is 3.05. The maximum Gasteiger partial charge on any atom is 0.306 e. The molecule has 0 saturated carbocycles. The third kappa shape index (κ3) is 7.32. The van der Waals surface area contributed by atoms with Crippen LogP contribution >= 0.6 is 11.6 Å². The van der Waals surface area contributed by atoms with Crippen LogP contribution in [0.1, 0.15) is 47.9 Å². The lowest BCUT2D eigenvalue weighted by atomic mass is 9.91. The second kappa shape index (κ2) is 14.5. The second-order valence-corrected chi connectivity index (χ2v) is 11.9. The Labute approximate surface area is 259 Å². The second-order valence-electron chi connectivity index (χ2n) is 11.5. The average molecular weight is 608 g/mol. The molecule has 2 saturated heterocycles. The smallest absolute Gasteiger partial charge is 0.306 e.